The molecule has 0 aromatic heterocycles. The molecule has 1 atom stereocenters. The normalized spacial score (nSPS) is 12.2. The van der Waals surface area contributed by atoms with E-state index >= 15 is 0 Å². The Kier molecular flexibility index (Phi) is 11.0. The summed E-state index contributed by atoms with van der Waals surface area (Å²) >= 11 is 0. The molecular weight excluding hydrogens is 256 g/mol. The Morgan fingerprint density at radius 3 is 2.15 bits per heavy atom. The monoisotopic (exact) mass is 286 g/mol. The Morgan fingerprint density at radius 2 is 1.60 bits per heavy atom. The van der Waals surface area contributed by atoms with Gasteiger partial charge in [-0.05, 0) is 12.3 Å². The quantitative estimate of drug-likeness (QED) is 0.427. The van der Waals surface area contributed by atoms with Crippen molar-refractivity contribution in [1.82, 2.24) is 10.6 Å². The van der Waals surface area contributed by atoms with Gasteiger partial charge in [0.05, 0.1) is 0 Å². The maximum atomic E-state index is 12.0. The van der Waals surface area contributed by atoms with E-state index in [0.717, 1.165) is 19.3 Å². The van der Waals surface area contributed by atoms with E-state index in [1.165, 1.54) is 0 Å². The summed E-state index contributed by atoms with van der Waals surface area (Å²) in [6, 6.07) is 0. The Labute approximate surface area is 122 Å². The average Bonchev–Trinajstić information content (AvgIpc) is 2.40. The van der Waals surface area contributed by atoms with Gasteiger partial charge < -0.3 is 22.1 Å². The van der Waals surface area contributed by atoms with Gasteiger partial charge in [0.2, 0.25) is 11.8 Å². The lowest BCUT2D eigenvalue weighted by atomic mass is 9.94. The van der Waals surface area contributed by atoms with Gasteiger partial charge >= 0.3 is 0 Å². The molecule has 0 saturated heterocycles. The van der Waals surface area contributed by atoms with Crippen molar-refractivity contribution in [3.63, 3.8) is 0 Å². The van der Waals surface area contributed by atoms with E-state index in [0.29, 0.717) is 32.1 Å². The molecule has 0 radical (unpaired) electrons. The van der Waals surface area contributed by atoms with E-state index in [-0.39, 0.29) is 24.2 Å². The number of nitrogens with one attached hydrogen (secondary N) is 2. The third-order valence-electron chi connectivity index (χ3n) is 3.05. The van der Waals surface area contributed by atoms with Crippen LogP contribution < -0.4 is 22.1 Å². The molecule has 6 nitrogen and oxygen atoms in total. The topological polar surface area (TPSA) is 110 Å². The molecule has 0 aromatic rings. The van der Waals surface area contributed by atoms with E-state index in [2.05, 4.69) is 24.5 Å². The van der Waals surface area contributed by atoms with Crippen molar-refractivity contribution in [2.45, 2.75) is 39.5 Å². The largest absolute Gasteiger partial charge is 0.355 e. The second kappa shape index (κ2) is 11.7. The van der Waals surface area contributed by atoms with Crippen molar-refractivity contribution in [2.75, 3.05) is 26.2 Å². The summed E-state index contributed by atoms with van der Waals surface area (Å²) in [5.74, 6) is 0.127. The first-order valence-corrected chi connectivity index (χ1v) is 7.45. The molecule has 6 N–H and O–H groups in total. The lowest BCUT2D eigenvalue weighted by Gasteiger charge is -2.17. The van der Waals surface area contributed by atoms with Crippen molar-refractivity contribution < 1.29 is 9.59 Å². The summed E-state index contributed by atoms with van der Waals surface area (Å²) < 4.78 is 0. The number of hydrogen-bond donors (Lipinski definition) is 4. The van der Waals surface area contributed by atoms with Crippen molar-refractivity contribution >= 4 is 11.8 Å². The van der Waals surface area contributed by atoms with E-state index in [9.17, 15) is 9.59 Å². The van der Waals surface area contributed by atoms with Gasteiger partial charge in [-0.1, -0.05) is 26.7 Å². The third kappa shape index (κ3) is 9.75. The fourth-order valence-electron chi connectivity index (χ4n) is 1.95. The first-order valence-electron chi connectivity index (χ1n) is 7.45. The molecular formula is C14H30N4O2. The number of rotatable bonds is 11. The summed E-state index contributed by atoms with van der Waals surface area (Å²) in [6.45, 7) is 6.01. The Bertz CT molecular complexity index is 282. The van der Waals surface area contributed by atoms with Crippen LogP contribution in [0.3, 0.4) is 0 Å². The zero-order valence-electron chi connectivity index (χ0n) is 12.8. The van der Waals surface area contributed by atoms with Crippen LogP contribution in [-0.4, -0.2) is 38.0 Å². The summed E-state index contributed by atoms with van der Waals surface area (Å²) in [4.78, 5) is 23.7. The maximum Gasteiger partial charge on any atom is 0.223 e. The molecule has 0 aliphatic rings. The molecule has 2 amide bonds. The molecule has 0 bridgehead atoms. The number of amides is 2. The van der Waals surface area contributed by atoms with Gasteiger partial charge in [-0.3, -0.25) is 9.59 Å². The lowest BCUT2D eigenvalue weighted by molar-refractivity contribution is -0.130. The molecule has 6 heteroatoms. The third-order valence-corrected chi connectivity index (χ3v) is 3.05. The molecule has 0 spiro atoms. The van der Waals surface area contributed by atoms with Crippen LogP contribution in [0.5, 0.6) is 0 Å². The van der Waals surface area contributed by atoms with Crippen LogP contribution in [0.2, 0.25) is 0 Å². The molecule has 0 aromatic carbocycles. The smallest absolute Gasteiger partial charge is 0.223 e. The first kappa shape index (κ1) is 18.9. The number of carbonyl (C=O) groups excluding carboxylic acids is 2. The maximum absolute atomic E-state index is 12.0. The zero-order valence-corrected chi connectivity index (χ0v) is 12.8. The van der Waals surface area contributed by atoms with Crippen LogP contribution in [-0.2, 0) is 9.59 Å². The zero-order chi connectivity index (χ0) is 15.4. The van der Waals surface area contributed by atoms with Crippen LogP contribution in [0, 0.1) is 11.8 Å². The van der Waals surface area contributed by atoms with Gasteiger partial charge in [0, 0.05) is 38.5 Å². The summed E-state index contributed by atoms with van der Waals surface area (Å²) in [6.07, 6.45) is 2.95. The van der Waals surface area contributed by atoms with Crippen LogP contribution in [0.4, 0.5) is 0 Å². The van der Waals surface area contributed by atoms with Gasteiger partial charge in [0.15, 0.2) is 0 Å². The molecule has 0 aliphatic carbocycles. The van der Waals surface area contributed by atoms with Crippen molar-refractivity contribution in [2.24, 2.45) is 23.3 Å². The molecule has 0 aliphatic heterocycles. The van der Waals surface area contributed by atoms with E-state index in [1.54, 1.807) is 0 Å². The molecule has 1 unspecified atom stereocenters. The highest BCUT2D eigenvalue weighted by molar-refractivity contribution is 5.85. The Balaban J connectivity index is 4.29. The highest BCUT2D eigenvalue weighted by Crippen LogP contribution is 2.16. The minimum absolute atomic E-state index is 0.0814. The molecule has 0 saturated carbocycles. The second-order valence-electron chi connectivity index (χ2n) is 5.44. The predicted octanol–water partition coefficient (Wildman–Crippen LogP) is -0.0312. The molecule has 0 rings (SSSR count). The van der Waals surface area contributed by atoms with Crippen molar-refractivity contribution in [3.8, 4) is 0 Å². The van der Waals surface area contributed by atoms with Gasteiger partial charge in [0.25, 0.3) is 0 Å². The summed E-state index contributed by atoms with van der Waals surface area (Å²) in [5, 5.41) is 5.47. The minimum Gasteiger partial charge on any atom is -0.355 e. The van der Waals surface area contributed by atoms with E-state index in [1.807, 2.05) is 0 Å². The number of hydrogen-bond acceptors (Lipinski definition) is 4. The summed E-state index contributed by atoms with van der Waals surface area (Å²) in [7, 11) is 0. The fraction of sp³-hybridized carbons (Fsp3) is 0.857. The molecule has 118 valence electrons. The van der Waals surface area contributed by atoms with Crippen LogP contribution in [0.15, 0.2) is 0 Å². The lowest BCUT2D eigenvalue weighted by Crippen LogP contribution is -2.38. The number of carbonyl (C=O) groups is 2. The Hall–Kier alpha value is -1.14. The SMILES string of the molecule is CC(C)CCCC(CC(=O)NCCN)C(=O)NCCN. The van der Waals surface area contributed by atoms with E-state index in [4.69, 9.17) is 11.5 Å². The highest BCUT2D eigenvalue weighted by atomic mass is 16.2. The highest BCUT2D eigenvalue weighted by Gasteiger charge is 2.21. The molecule has 0 fully saturated rings. The second-order valence-corrected chi connectivity index (χ2v) is 5.44. The average molecular weight is 286 g/mol. The predicted molar refractivity (Wildman–Crippen MR) is 80.9 cm³/mol. The van der Waals surface area contributed by atoms with Crippen LogP contribution in [0.25, 0.3) is 0 Å². The van der Waals surface area contributed by atoms with Crippen LogP contribution in [0.1, 0.15) is 39.5 Å². The summed E-state index contributed by atoms with van der Waals surface area (Å²) in [5.41, 5.74) is 10.7. The van der Waals surface area contributed by atoms with Gasteiger partial charge in [-0.25, -0.2) is 0 Å². The fourth-order valence-corrected chi connectivity index (χ4v) is 1.95. The van der Waals surface area contributed by atoms with Crippen molar-refractivity contribution in [3.05, 3.63) is 0 Å². The molecule has 0 heterocycles. The standard InChI is InChI=1S/C14H30N4O2/c1-11(2)4-3-5-12(14(20)18-9-7-16)10-13(19)17-8-6-15/h11-12H,3-10,15-16H2,1-2H3,(H,17,19)(H,18,20). The van der Waals surface area contributed by atoms with Gasteiger partial charge in [-0.15, -0.1) is 0 Å². The van der Waals surface area contributed by atoms with Crippen molar-refractivity contribution in [1.29, 1.82) is 0 Å². The van der Waals surface area contributed by atoms with E-state index < -0.39 is 0 Å². The van der Waals surface area contributed by atoms with Gasteiger partial charge in [0.1, 0.15) is 0 Å². The molecule has 20 heavy (non-hydrogen) atoms. The first-order chi connectivity index (χ1) is 9.51. The Morgan fingerprint density at radius 1 is 1.00 bits per heavy atom. The number of nitrogens with two attached hydrogens (primary N) is 2. The van der Waals surface area contributed by atoms with Crippen LogP contribution >= 0.6 is 0 Å². The van der Waals surface area contributed by atoms with Gasteiger partial charge in [-0.2, -0.15) is 0 Å². The minimum atomic E-state index is -0.280.